The Labute approximate surface area is 238 Å². The molecule has 5 rings (SSSR count). The summed E-state index contributed by atoms with van der Waals surface area (Å²) in [6.07, 6.45) is 18.2. The maximum absolute atomic E-state index is 12.7. The van der Waals surface area contributed by atoms with E-state index >= 15 is 0 Å². The Hall–Kier alpha value is -2.03. The number of hydrogen-bond acceptors (Lipinski definition) is 2. The lowest BCUT2D eigenvalue weighted by Crippen LogP contribution is -2.51. The maximum atomic E-state index is 12.7. The van der Waals surface area contributed by atoms with Crippen LogP contribution in [0, 0.1) is 46.3 Å². The molecule has 8 atom stereocenters. The van der Waals surface area contributed by atoms with Crippen LogP contribution in [0.25, 0.3) is 6.08 Å². The summed E-state index contributed by atoms with van der Waals surface area (Å²) in [4.78, 5) is 12.7. The highest BCUT2D eigenvalue weighted by Crippen LogP contribution is 2.67. The molecule has 1 N–H and O–H groups in total. The van der Waals surface area contributed by atoms with Gasteiger partial charge in [-0.1, -0.05) is 90.3 Å². The Morgan fingerprint density at radius 1 is 1.05 bits per heavy atom. The monoisotopic (exact) mass is 531 g/mol. The molecule has 0 bridgehead atoms. The summed E-state index contributed by atoms with van der Waals surface area (Å²) in [5, 5.41) is 2.91. The standard InChI is InChI=1S/C36H53NO2/c1-7-26-11-14-28(15-12-26)37-34(38)39-29-19-21-35(5)27(23-29)13-16-30-32-18-17-31(25(4)10-8-9-24(2)3)36(32,6)22-20-33(30)35/h7,11-15,24-25,29-33H,1,8-10,16-23H2,2-6H3,(H,37,38)/t25-,29+,30+,31-,32+,33+,35+,36-/m1/s1. The zero-order valence-electron chi connectivity index (χ0n) is 25.3. The number of ether oxygens (including phenoxy) is 1. The van der Waals surface area contributed by atoms with Crippen molar-refractivity contribution in [1.29, 1.82) is 0 Å². The van der Waals surface area contributed by atoms with Crippen LogP contribution in [-0.4, -0.2) is 12.2 Å². The maximum Gasteiger partial charge on any atom is 0.411 e. The van der Waals surface area contributed by atoms with E-state index in [2.05, 4.69) is 52.6 Å². The van der Waals surface area contributed by atoms with Crippen molar-refractivity contribution in [2.75, 3.05) is 5.32 Å². The van der Waals surface area contributed by atoms with E-state index in [0.717, 1.165) is 66.0 Å². The topological polar surface area (TPSA) is 38.3 Å². The Balaban J connectivity index is 1.21. The predicted octanol–water partition coefficient (Wildman–Crippen LogP) is 10.3. The van der Waals surface area contributed by atoms with E-state index in [-0.39, 0.29) is 17.6 Å². The second-order valence-corrected chi connectivity index (χ2v) is 14.5. The molecule has 0 saturated heterocycles. The van der Waals surface area contributed by atoms with Crippen LogP contribution in [0.15, 0.2) is 42.5 Å². The van der Waals surface area contributed by atoms with Gasteiger partial charge < -0.3 is 4.74 Å². The van der Waals surface area contributed by atoms with Gasteiger partial charge in [0.2, 0.25) is 0 Å². The van der Waals surface area contributed by atoms with E-state index in [1.165, 1.54) is 51.4 Å². The van der Waals surface area contributed by atoms with Crippen molar-refractivity contribution < 1.29 is 9.53 Å². The highest BCUT2D eigenvalue weighted by molar-refractivity contribution is 5.84. The quantitative estimate of drug-likeness (QED) is 0.339. The highest BCUT2D eigenvalue weighted by Gasteiger charge is 2.59. The Morgan fingerprint density at radius 3 is 2.54 bits per heavy atom. The Morgan fingerprint density at radius 2 is 1.82 bits per heavy atom. The number of benzene rings is 1. The third kappa shape index (κ3) is 5.62. The minimum Gasteiger partial charge on any atom is -0.446 e. The SMILES string of the molecule is C=Cc1ccc(NC(=O)O[C@H]2CC[C@@]3(C)C(=CC[C@H]4[C@@H]5CC[C@H]([C@H](C)CCCC(C)C)[C@@]5(C)CC[C@@H]43)C2)cc1. The smallest absolute Gasteiger partial charge is 0.411 e. The molecule has 1 amide bonds. The van der Waals surface area contributed by atoms with Gasteiger partial charge in [-0.3, -0.25) is 5.32 Å². The number of anilines is 1. The molecule has 3 saturated carbocycles. The van der Waals surface area contributed by atoms with Gasteiger partial charge in [-0.2, -0.15) is 0 Å². The van der Waals surface area contributed by atoms with Crippen LogP contribution in [0.1, 0.15) is 111 Å². The molecule has 0 unspecified atom stereocenters. The van der Waals surface area contributed by atoms with Crippen LogP contribution in [-0.2, 0) is 4.74 Å². The van der Waals surface area contributed by atoms with Crippen LogP contribution in [0.2, 0.25) is 0 Å². The first kappa shape index (κ1) is 28.5. The average Bonchev–Trinajstić information content (AvgIpc) is 3.26. The molecule has 0 radical (unpaired) electrons. The number of allylic oxidation sites excluding steroid dienone is 1. The third-order valence-corrected chi connectivity index (χ3v) is 11.9. The molecule has 214 valence electrons. The van der Waals surface area contributed by atoms with Crippen molar-refractivity contribution in [1.82, 2.24) is 0 Å². The normalized spacial score (nSPS) is 36.3. The van der Waals surface area contributed by atoms with Crippen LogP contribution in [0.4, 0.5) is 10.5 Å². The lowest BCUT2D eigenvalue weighted by Gasteiger charge is -2.58. The zero-order valence-corrected chi connectivity index (χ0v) is 25.3. The highest BCUT2D eigenvalue weighted by atomic mass is 16.6. The number of carbonyl (C=O) groups excluding carboxylic acids is 1. The van der Waals surface area contributed by atoms with E-state index in [0.29, 0.717) is 5.41 Å². The molecule has 0 aromatic heterocycles. The summed E-state index contributed by atoms with van der Waals surface area (Å²) in [6, 6.07) is 7.70. The Bertz CT molecular complexity index is 1060. The van der Waals surface area contributed by atoms with E-state index in [1.807, 2.05) is 24.3 Å². The molecule has 3 fully saturated rings. The van der Waals surface area contributed by atoms with Gasteiger partial charge in [0, 0.05) is 12.1 Å². The molecule has 3 heteroatoms. The van der Waals surface area contributed by atoms with Crippen molar-refractivity contribution in [3.8, 4) is 0 Å². The molecule has 4 aliphatic carbocycles. The first-order valence-electron chi connectivity index (χ1n) is 16.0. The zero-order chi connectivity index (χ0) is 27.8. The number of amides is 1. The molecular weight excluding hydrogens is 478 g/mol. The molecule has 1 aromatic carbocycles. The molecule has 0 aliphatic heterocycles. The summed E-state index contributed by atoms with van der Waals surface area (Å²) in [5.74, 6) is 5.11. The summed E-state index contributed by atoms with van der Waals surface area (Å²) < 4.78 is 5.94. The van der Waals surface area contributed by atoms with Crippen molar-refractivity contribution in [3.63, 3.8) is 0 Å². The van der Waals surface area contributed by atoms with E-state index in [1.54, 1.807) is 11.6 Å². The van der Waals surface area contributed by atoms with Gasteiger partial charge in [0.1, 0.15) is 6.10 Å². The molecular formula is C36H53NO2. The van der Waals surface area contributed by atoms with Gasteiger partial charge in [0.15, 0.2) is 0 Å². The van der Waals surface area contributed by atoms with Crippen molar-refractivity contribution >= 4 is 17.9 Å². The number of nitrogens with one attached hydrogen (secondary N) is 1. The number of carbonyl (C=O) groups is 1. The number of rotatable bonds is 8. The Kier molecular flexibility index (Phi) is 8.37. The number of fused-ring (bicyclic) bond motifs is 5. The fourth-order valence-electron chi connectivity index (χ4n) is 9.75. The molecule has 4 aliphatic rings. The van der Waals surface area contributed by atoms with Crippen molar-refractivity contribution in [2.24, 2.45) is 46.3 Å². The first-order valence-corrected chi connectivity index (χ1v) is 16.0. The van der Waals surface area contributed by atoms with Crippen molar-refractivity contribution in [2.45, 2.75) is 111 Å². The fourth-order valence-corrected chi connectivity index (χ4v) is 9.75. The molecule has 0 heterocycles. The second-order valence-electron chi connectivity index (χ2n) is 14.5. The average molecular weight is 532 g/mol. The molecule has 0 spiro atoms. The summed E-state index contributed by atoms with van der Waals surface area (Å²) in [5.41, 5.74) is 4.18. The lowest BCUT2D eigenvalue weighted by atomic mass is 9.47. The van der Waals surface area contributed by atoms with E-state index in [9.17, 15) is 4.79 Å². The molecule has 1 aromatic rings. The summed E-state index contributed by atoms with van der Waals surface area (Å²) >= 11 is 0. The van der Waals surface area contributed by atoms with Gasteiger partial charge in [-0.25, -0.2) is 4.79 Å². The van der Waals surface area contributed by atoms with Crippen molar-refractivity contribution in [3.05, 3.63) is 48.1 Å². The lowest BCUT2D eigenvalue weighted by molar-refractivity contribution is -0.0577. The van der Waals surface area contributed by atoms with Gasteiger partial charge in [-0.05, 0) is 109 Å². The minimum absolute atomic E-state index is 0.0234. The van der Waals surface area contributed by atoms with Gasteiger partial charge >= 0.3 is 6.09 Å². The van der Waals surface area contributed by atoms with E-state index in [4.69, 9.17) is 4.74 Å². The van der Waals surface area contributed by atoms with Gasteiger partial charge in [-0.15, -0.1) is 0 Å². The summed E-state index contributed by atoms with van der Waals surface area (Å²) in [6.45, 7) is 16.3. The van der Waals surface area contributed by atoms with Gasteiger partial charge in [0.25, 0.3) is 0 Å². The summed E-state index contributed by atoms with van der Waals surface area (Å²) in [7, 11) is 0. The van der Waals surface area contributed by atoms with Crippen LogP contribution < -0.4 is 5.32 Å². The molecule has 3 nitrogen and oxygen atoms in total. The fraction of sp³-hybridized carbons (Fsp3) is 0.694. The minimum atomic E-state index is -0.336. The van der Waals surface area contributed by atoms with Crippen LogP contribution in [0.3, 0.4) is 0 Å². The van der Waals surface area contributed by atoms with Crippen LogP contribution in [0.5, 0.6) is 0 Å². The van der Waals surface area contributed by atoms with Gasteiger partial charge in [0.05, 0.1) is 0 Å². The largest absolute Gasteiger partial charge is 0.446 e. The third-order valence-electron chi connectivity index (χ3n) is 11.9. The van der Waals surface area contributed by atoms with E-state index < -0.39 is 0 Å². The van der Waals surface area contributed by atoms with Crippen LogP contribution >= 0.6 is 0 Å². The predicted molar refractivity (Wildman–Crippen MR) is 163 cm³/mol. The molecule has 39 heavy (non-hydrogen) atoms. The number of hydrogen-bond donors (Lipinski definition) is 1. The second kappa shape index (κ2) is 11.5. The first-order chi connectivity index (χ1) is 18.6.